The molecule has 1 atom stereocenters. The topological polar surface area (TPSA) is 33.1 Å². The van der Waals surface area contributed by atoms with Gasteiger partial charge in [-0.25, -0.2) is 0 Å². The van der Waals surface area contributed by atoms with Gasteiger partial charge in [-0.05, 0) is 18.5 Å². The van der Waals surface area contributed by atoms with Gasteiger partial charge in [0, 0.05) is 0 Å². The Kier molecular flexibility index (Phi) is 2.52. The van der Waals surface area contributed by atoms with Crippen LogP contribution in [0.25, 0.3) is 0 Å². The lowest BCUT2D eigenvalue weighted by Crippen LogP contribution is -1.90. The molecule has 2 nitrogen and oxygen atoms in total. The first-order valence-electron chi connectivity index (χ1n) is 2.61. The summed E-state index contributed by atoms with van der Waals surface area (Å²) in [5, 5.41) is 9.38. The smallest absolute Gasteiger partial charge is 0.132 e. The van der Waals surface area contributed by atoms with Gasteiger partial charge >= 0.3 is 0 Å². The van der Waals surface area contributed by atoms with Gasteiger partial charge in [-0.15, -0.1) is 0 Å². The molecule has 0 aliphatic carbocycles. The Hall–Kier alpha value is 0.170. The second kappa shape index (κ2) is 3.05. The Balaban J connectivity index is 3.05. The van der Waals surface area contributed by atoms with Crippen molar-refractivity contribution in [3.8, 4) is 0 Å². The zero-order valence-electron chi connectivity index (χ0n) is 5.14. The molecule has 56 valence electrons. The van der Waals surface area contributed by atoms with Crippen LogP contribution in [0.3, 0.4) is 0 Å². The van der Waals surface area contributed by atoms with E-state index in [0.717, 1.165) is 11.5 Å². The zero-order chi connectivity index (χ0) is 7.72. The molecule has 1 rings (SSSR count). The fourth-order valence-corrected chi connectivity index (χ4v) is 1.69. The van der Waals surface area contributed by atoms with Crippen molar-refractivity contribution < 1.29 is 5.11 Å². The van der Waals surface area contributed by atoms with Gasteiger partial charge in [0.05, 0.1) is 11.1 Å². The van der Waals surface area contributed by atoms with Crippen LogP contribution in [0.4, 0.5) is 0 Å². The Morgan fingerprint density at radius 1 is 1.60 bits per heavy atom. The number of aromatic nitrogens is 1. The fourth-order valence-electron chi connectivity index (χ4n) is 0.530. The number of hydrogen-bond donors (Lipinski definition) is 1. The maximum atomic E-state index is 9.02. The van der Waals surface area contributed by atoms with Crippen molar-refractivity contribution in [1.82, 2.24) is 4.37 Å². The van der Waals surface area contributed by atoms with Crippen molar-refractivity contribution >= 4 is 34.7 Å². The molecule has 0 aliphatic heterocycles. The normalized spacial score (nSPS) is 13.6. The van der Waals surface area contributed by atoms with Crippen LogP contribution in [0.5, 0.6) is 0 Å². The summed E-state index contributed by atoms with van der Waals surface area (Å²) in [5.41, 5.74) is 0.455. The van der Waals surface area contributed by atoms with Crippen molar-refractivity contribution in [2.75, 3.05) is 0 Å². The molecular formula is C5H5Cl2NOS. The minimum Gasteiger partial charge on any atom is -0.387 e. The maximum absolute atomic E-state index is 9.02. The molecule has 0 aliphatic rings. The predicted octanol–water partition coefficient (Wildman–Crippen LogP) is 2.50. The van der Waals surface area contributed by atoms with E-state index in [4.69, 9.17) is 28.3 Å². The van der Waals surface area contributed by atoms with Gasteiger partial charge in [0.15, 0.2) is 0 Å². The summed E-state index contributed by atoms with van der Waals surface area (Å²) in [6.45, 7) is 1.59. The lowest BCUT2D eigenvalue weighted by molar-refractivity contribution is 0.195. The molecule has 0 fully saturated rings. The van der Waals surface area contributed by atoms with E-state index in [1.165, 1.54) is 0 Å². The molecule has 1 unspecified atom stereocenters. The molecule has 0 bridgehead atoms. The summed E-state index contributed by atoms with van der Waals surface area (Å²) in [6.07, 6.45) is -0.642. The number of rotatable bonds is 1. The lowest BCUT2D eigenvalue weighted by atomic mass is 10.3. The second-order valence-corrected chi connectivity index (χ2v) is 3.58. The van der Waals surface area contributed by atoms with Crippen LogP contribution in [0.1, 0.15) is 18.7 Å². The number of hydrogen-bond acceptors (Lipinski definition) is 3. The van der Waals surface area contributed by atoms with Gasteiger partial charge in [-0.3, -0.25) is 0 Å². The highest BCUT2D eigenvalue weighted by molar-refractivity contribution is 7.11. The minimum absolute atomic E-state index is 0.363. The van der Waals surface area contributed by atoms with Crippen molar-refractivity contribution in [2.45, 2.75) is 13.0 Å². The molecule has 0 saturated heterocycles. The van der Waals surface area contributed by atoms with Crippen LogP contribution in [0, 0.1) is 0 Å². The van der Waals surface area contributed by atoms with E-state index in [-0.39, 0.29) is 0 Å². The molecule has 0 spiro atoms. The van der Waals surface area contributed by atoms with Crippen LogP contribution >= 0.6 is 34.7 Å². The zero-order valence-corrected chi connectivity index (χ0v) is 7.46. The Bertz CT molecular complexity index is 236. The average molecular weight is 198 g/mol. The van der Waals surface area contributed by atoms with E-state index in [1.807, 2.05) is 0 Å². The standard InChI is InChI=1S/C5H5Cl2NOS/c1-2(9)4-3(6)5(7)10-8-4/h2,9H,1H3. The first kappa shape index (κ1) is 8.27. The third-order valence-corrected chi connectivity index (χ3v) is 2.66. The highest BCUT2D eigenvalue weighted by Gasteiger charge is 2.13. The Morgan fingerprint density at radius 3 is 2.40 bits per heavy atom. The van der Waals surface area contributed by atoms with Gasteiger partial charge in [-0.1, -0.05) is 23.2 Å². The largest absolute Gasteiger partial charge is 0.387 e. The Morgan fingerprint density at radius 2 is 2.20 bits per heavy atom. The first-order valence-corrected chi connectivity index (χ1v) is 4.14. The van der Waals surface area contributed by atoms with Crippen LogP contribution in [-0.4, -0.2) is 9.48 Å². The molecule has 1 N–H and O–H groups in total. The number of halogens is 2. The molecule has 1 heterocycles. The predicted molar refractivity (Wildman–Crippen MR) is 42.8 cm³/mol. The van der Waals surface area contributed by atoms with Crippen molar-refractivity contribution in [3.63, 3.8) is 0 Å². The first-order chi connectivity index (χ1) is 4.63. The molecule has 5 heteroatoms. The highest BCUT2D eigenvalue weighted by Crippen LogP contribution is 2.32. The molecule has 0 saturated carbocycles. The van der Waals surface area contributed by atoms with E-state index in [2.05, 4.69) is 4.37 Å². The monoisotopic (exact) mass is 197 g/mol. The van der Waals surface area contributed by atoms with Crippen LogP contribution in [0.15, 0.2) is 0 Å². The van der Waals surface area contributed by atoms with E-state index in [0.29, 0.717) is 15.1 Å². The summed E-state index contributed by atoms with van der Waals surface area (Å²) in [6, 6.07) is 0. The third-order valence-electron chi connectivity index (χ3n) is 1.02. The van der Waals surface area contributed by atoms with Gasteiger partial charge in [0.25, 0.3) is 0 Å². The van der Waals surface area contributed by atoms with Crippen molar-refractivity contribution in [2.24, 2.45) is 0 Å². The molecule has 0 radical (unpaired) electrons. The summed E-state index contributed by atoms with van der Waals surface area (Å²) in [4.78, 5) is 0. The Labute approximate surface area is 72.6 Å². The quantitative estimate of drug-likeness (QED) is 0.751. The van der Waals surface area contributed by atoms with E-state index < -0.39 is 6.10 Å². The maximum Gasteiger partial charge on any atom is 0.132 e. The van der Waals surface area contributed by atoms with Crippen molar-refractivity contribution in [3.05, 3.63) is 15.1 Å². The molecule has 1 aromatic heterocycles. The minimum atomic E-state index is -0.642. The SMILES string of the molecule is CC(O)c1nsc(Cl)c1Cl. The summed E-state index contributed by atoms with van der Waals surface area (Å²) in [7, 11) is 0. The van der Waals surface area contributed by atoms with Gasteiger partial charge in [0.2, 0.25) is 0 Å². The van der Waals surface area contributed by atoms with E-state index in [1.54, 1.807) is 6.92 Å². The molecule has 1 aromatic rings. The van der Waals surface area contributed by atoms with E-state index >= 15 is 0 Å². The average Bonchev–Trinajstić information content (AvgIpc) is 2.14. The molecule has 0 aromatic carbocycles. The van der Waals surface area contributed by atoms with E-state index in [9.17, 15) is 0 Å². The number of aliphatic hydroxyl groups is 1. The molecule has 0 amide bonds. The highest BCUT2D eigenvalue weighted by atomic mass is 35.5. The van der Waals surface area contributed by atoms with Crippen molar-refractivity contribution in [1.29, 1.82) is 0 Å². The van der Waals surface area contributed by atoms with Crippen LogP contribution in [0.2, 0.25) is 9.36 Å². The van der Waals surface area contributed by atoms with Crippen LogP contribution in [-0.2, 0) is 0 Å². The van der Waals surface area contributed by atoms with Crippen LogP contribution < -0.4 is 0 Å². The van der Waals surface area contributed by atoms with Gasteiger partial charge in [-0.2, -0.15) is 4.37 Å². The third kappa shape index (κ3) is 1.42. The lowest BCUT2D eigenvalue weighted by Gasteiger charge is -1.97. The second-order valence-electron chi connectivity index (χ2n) is 1.83. The number of nitrogens with zero attached hydrogens (tertiary/aromatic N) is 1. The fraction of sp³-hybridized carbons (Fsp3) is 0.400. The summed E-state index contributed by atoms with van der Waals surface area (Å²) >= 11 is 12.3. The number of aliphatic hydroxyl groups excluding tert-OH is 1. The molecular weight excluding hydrogens is 193 g/mol. The molecule has 10 heavy (non-hydrogen) atoms. The van der Waals surface area contributed by atoms with Gasteiger partial charge in [0.1, 0.15) is 10.0 Å². The summed E-state index contributed by atoms with van der Waals surface area (Å²) < 4.78 is 4.27. The summed E-state index contributed by atoms with van der Waals surface area (Å²) in [5.74, 6) is 0. The van der Waals surface area contributed by atoms with Gasteiger partial charge < -0.3 is 5.11 Å².